The van der Waals surface area contributed by atoms with E-state index in [1.165, 1.54) is 38.4 Å². The summed E-state index contributed by atoms with van der Waals surface area (Å²) in [5, 5.41) is 10.3. The minimum atomic E-state index is -3.69. The van der Waals surface area contributed by atoms with E-state index in [0.29, 0.717) is 21.8 Å². The van der Waals surface area contributed by atoms with E-state index in [1.54, 1.807) is 24.3 Å². The smallest absolute Gasteiger partial charge is 0.336 e. The third kappa shape index (κ3) is 3.16. The van der Waals surface area contributed by atoms with Crippen molar-refractivity contribution in [2.75, 3.05) is 14.1 Å². The molecule has 0 saturated carbocycles. The summed E-state index contributed by atoms with van der Waals surface area (Å²) >= 11 is 6.19. The Hall–Kier alpha value is -2.48. The number of aromatic carboxylic acids is 1. The summed E-state index contributed by atoms with van der Waals surface area (Å²) in [5.74, 6) is -1.18. The molecule has 3 aromatic rings. The number of pyridine rings is 1. The van der Waals surface area contributed by atoms with Gasteiger partial charge in [-0.1, -0.05) is 29.8 Å². The van der Waals surface area contributed by atoms with Crippen LogP contribution in [0.25, 0.3) is 22.2 Å². The largest absolute Gasteiger partial charge is 0.478 e. The fourth-order valence-electron chi connectivity index (χ4n) is 2.56. The number of sulfonamides is 1. The predicted octanol–water partition coefficient (Wildman–Crippen LogP) is 3.50. The molecular formula is C18H15ClN2O4S. The molecule has 0 fully saturated rings. The molecule has 0 bridgehead atoms. The van der Waals surface area contributed by atoms with Gasteiger partial charge in [-0.2, -0.15) is 0 Å². The third-order valence-electron chi connectivity index (χ3n) is 3.94. The maximum atomic E-state index is 12.3. The van der Waals surface area contributed by atoms with Crippen LogP contribution in [0.4, 0.5) is 0 Å². The number of aromatic nitrogens is 1. The molecule has 26 heavy (non-hydrogen) atoms. The number of carboxylic acids is 1. The van der Waals surface area contributed by atoms with Crippen molar-refractivity contribution < 1.29 is 18.3 Å². The Balaban J connectivity index is 2.30. The zero-order chi connectivity index (χ0) is 19.1. The number of rotatable bonds is 4. The summed E-state index contributed by atoms with van der Waals surface area (Å²) in [4.78, 5) is 16.2. The molecule has 1 N–H and O–H groups in total. The van der Waals surface area contributed by atoms with E-state index >= 15 is 0 Å². The standard InChI is InChI=1S/C18H15ClN2O4S/c1-21(2)26(24,25)11-7-8-16-13(9-11)14(18(22)23)10-17(20-16)12-5-3-4-6-15(12)19/h3-10H,1-2H3,(H,22,23). The van der Waals surface area contributed by atoms with E-state index in [2.05, 4.69) is 4.98 Å². The molecule has 0 spiro atoms. The van der Waals surface area contributed by atoms with Gasteiger partial charge < -0.3 is 5.11 Å². The van der Waals surface area contributed by atoms with Gasteiger partial charge in [-0.25, -0.2) is 22.5 Å². The Kier molecular flexibility index (Phi) is 4.70. The summed E-state index contributed by atoms with van der Waals surface area (Å²) < 4.78 is 25.7. The molecule has 0 aliphatic carbocycles. The van der Waals surface area contributed by atoms with Crippen LogP contribution in [0.1, 0.15) is 10.4 Å². The number of benzene rings is 2. The molecule has 8 heteroatoms. The van der Waals surface area contributed by atoms with E-state index in [0.717, 1.165) is 4.31 Å². The van der Waals surface area contributed by atoms with Gasteiger partial charge >= 0.3 is 5.97 Å². The van der Waals surface area contributed by atoms with Gasteiger partial charge in [0.05, 0.1) is 21.7 Å². The molecule has 1 heterocycles. The van der Waals surface area contributed by atoms with Crippen LogP contribution < -0.4 is 0 Å². The highest BCUT2D eigenvalue weighted by Crippen LogP contribution is 2.31. The highest BCUT2D eigenvalue weighted by molar-refractivity contribution is 7.89. The average molecular weight is 391 g/mol. The fraction of sp³-hybridized carbons (Fsp3) is 0.111. The van der Waals surface area contributed by atoms with Crippen molar-refractivity contribution >= 4 is 38.5 Å². The van der Waals surface area contributed by atoms with Crippen molar-refractivity contribution in [1.29, 1.82) is 0 Å². The van der Waals surface area contributed by atoms with Crippen LogP contribution >= 0.6 is 11.6 Å². The van der Waals surface area contributed by atoms with Gasteiger partial charge in [0.15, 0.2) is 0 Å². The lowest BCUT2D eigenvalue weighted by atomic mass is 10.0. The number of hydrogen-bond donors (Lipinski definition) is 1. The first kappa shape index (κ1) is 18.3. The summed E-state index contributed by atoms with van der Waals surface area (Å²) in [6, 6.07) is 12.6. The van der Waals surface area contributed by atoms with E-state index in [-0.39, 0.29) is 15.8 Å². The molecule has 0 atom stereocenters. The first-order chi connectivity index (χ1) is 12.2. The zero-order valence-electron chi connectivity index (χ0n) is 14.0. The van der Waals surface area contributed by atoms with Gasteiger partial charge in [0, 0.05) is 30.1 Å². The topological polar surface area (TPSA) is 87.6 Å². The quantitative estimate of drug-likeness (QED) is 0.736. The molecule has 2 aromatic carbocycles. The summed E-state index contributed by atoms with van der Waals surface area (Å²) in [7, 11) is -0.862. The van der Waals surface area contributed by atoms with E-state index in [1.807, 2.05) is 0 Å². The van der Waals surface area contributed by atoms with Crippen molar-refractivity contribution in [3.63, 3.8) is 0 Å². The van der Waals surface area contributed by atoms with Crippen LogP contribution in [-0.4, -0.2) is 42.9 Å². The normalized spacial score (nSPS) is 11.8. The molecule has 0 amide bonds. The second kappa shape index (κ2) is 6.68. The van der Waals surface area contributed by atoms with E-state index in [4.69, 9.17) is 11.6 Å². The number of halogens is 1. The molecule has 6 nitrogen and oxygen atoms in total. The van der Waals surface area contributed by atoms with Crippen LogP contribution in [0.15, 0.2) is 53.4 Å². The molecular weight excluding hydrogens is 376 g/mol. The lowest BCUT2D eigenvalue weighted by Crippen LogP contribution is -2.22. The lowest BCUT2D eigenvalue weighted by Gasteiger charge is -2.13. The van der Waals surface area contributed by atoms with Crippen LogP contribution in [0.5, 0.6) is 0 Å². The first-order valence-corrected chi connectivity index (χ1v) is 9.39. The first-order valence-electron chi connectivity index (χ1n) is 7.57. The Morgan fingerprint density at radius 1 is 1.12 bits per heavy atom. The number of hydrogen-bond acceptors (Lipinski definition) is 4. The molecule has 0 aliphatic rings. The van der Waals surface area contributed by atoms with E-state index < -0.39 is 16.0 Å². The Labute approximate surface area is 155 Å². The second-order valence-electron chi connectivity index (χ2n) is 5.81. The zero-order valence-corrected chi connectivity index (χ0v) is 15.5. The number of carbonyl (C=O) groups is 1. The number of nitrogens with zero attached hydrogens (tertiary/aromatic N) is 2. The molecule has 1 aromatic heterocycles. The van der Waals surface area contributed by atoms with Crippen LogP contribution in [0.3, 0.4) is 0 Å². The number of fused-ring (bicyclic) bond motifs is 1. The van der Waals surface area contributed by atoms with Crippen LogP contribution in [-0.2, 0) is 10.0 Å². The second-order valence-corrected chi connectivity index (χ2v) is 8.37. The van der Waals surface area contributed by atoms with Gasteiger partial charge in [-0.15, -0.1) is 0 Å². The summed E-state index contributed by atoms with van der Waals surface area (Å²) in [6.07, 6.45) is 0. The fourth-order valence-corrected chi connectivity index (χ4v) is 3.72. The highest BCUT2D eigenvalue weighted by Gasteiger charge is 2.20. The summed E-state index contributed by atoms with van der Waals surface area (Å²) in [6.45, 7) is 0. The highest BCUT2D eigenvalue weighted by atomic mass is 35.5. The minimum absolute atomic E-state index is 0.00444. The molecule has 0 aliphatic heterocycles. The van der Waals surface area contributed by atoms with Gasteiger partial charge in [-0.05, 0) is 30.3 Å². The molecule has 3 rings (SSSR count). The number of carboxylic acid groups (broad SMARTS) is 1. The molecule has 0 unspecified atom stereocenters. The SMILES string of the molecule is CN(C)S(=O)(=O)c1ccc2nc(-c3ccccc3Cl)cc(C(=O)O)c2c1. The monoisotopic (exact) mass is 390 g/mol. The minimum Gasteiger partial charge on any atom is -0.478 e. The van der Waals surface area contributed by atoms with Crippen LogP contribution in [0, 0.1) is 0 Å². The lowest BCUT2D eigenvalue weighted by molar-refractivity contribution is 0.0699. The molecule has 134 valence electrons. The van der Waals surface area contributed by atoms with Crippen LogP contribution in [0.2, 0.25) is 5.02 Å². The van der Waals surface area contributed by atoms with Gasteiger partial charge in [0.25, 0.3) is 0 Å². The maximum absolute atomic E-state index is 12.3. The van der Waals surface area contributed by atoms with Crippen molar-refractivity contribution in [3.8, 4) is 11.3 Å². The van der Waals surface area contributed by atoms with E-state index in [9.17, 15) is 18.3 Å². The average Bonchev–Trinajstić information content (AvgIpc) is 2.60. The van der Waals surface area contributed by atoms with Gasteiger partial charge in [-0.3, -0.25) is 0 Å². The summed E-state index contributed by atoms with van der Waals surface area (Å²) in [5.41, 5.74) is 1.34. The third-order valence-corrected chi connectivity index (χ3v) is 6.08. The van der Waals surface area contributed by atoms with Crippen molar-refractivity contribution in [2.24, 2.45) is 0 Å². The Bertz CT molecular complexity index is 1130. The van der Waals surface area contributed by atoms with Gasteiger partial charge in [0.2, 0.25) is 10.0 Å². The molecule has 0 radical (unpaired) electrons. The van der Waals surface area contributed by atoms with Crippen molar-refractivity contribution in [2.45, 2.75) is 4.90 Å². The predicted molar refractivity (Wildman–Crippen MR) is 100 cm³/mol. The Morgan fingerprint density at radius 2 is 1.81 bits per heavy atom. The van der Waals surface area contributed by atoms with Crippen molar-refractivity contribution in [1.82, 2.24) is 9.29 Å². The maximum Gasteiger partial charge on any atom is 0.336 e. The molecule has 0 saturated heterocycles. The van der Waals surface area contributed by atoms with Gasteiger partial charge in [0.1, 0.15) is 0 Å². The Morgan fingerprint density at radius 3 is 2.42 bits per heavy atom. The van der Waals surface area contributed by atoms with Crippen molar-refractivity contribution in [3.05, 3.63) is 59.1 Å².